The first-order valence-corrected chi connectivity index (χ1v) is 7.46. The van der Waals surface area contributed by atoms with Gasteiger partial charge in [-0.05, 0) is 38.3 Å². The van der Waals surface area contributed by atoms with Crippen LogP contribution < -0.4 is 0 Å². The van der Waals surface area contributed by atoms with Crippen molar-refractivity contribution >= 4 is 17.3 Å². The van der Waals surface area contributed by atoms with Gasteiger partial charge in [0.1, 0.15) is 0 Å². The summed E-state index contributed by atoms with van der Waals surface area (Å²) in [6.07, 6.45) is 3.72. The zero-order valence-corrected chi connectivity index (χ0v) is 13.0. The van der Waals surface area contributed by atoms with Crippen molar-refractivity contribution in [2.24, 2.45) is 0 Å². The molecule has 0 N–H and O–H groups in total. The maximum Gasteiger partial charge on any atom is 0.333 e. The average molecular weight is 281 g/mol. The molecule has 0 aliphatic heterocycles. The van der Waals surface area contributed by atoms with E-state index in [1.807, 2.05) is 13.0 Å². The molecule has 1 aromatic rings. The summed E-state index contributed by atoms with van der Waals surface area (Å²) in [5.74, 6) is -0.221. The quantitative estimate of drug-likeness (QED) is 0.568. The highest BCUT2D eigenvalue weighted by Crippen LogP contribution is 2.14. The summed E-state index contributed by atoms with van der Waals surface area (Å²) in [4.78, 5) is 15.1. The molecular formula is C15H23NO2S. The first kappa shape index (κ1) is 15.9. The molecule has 0 aliphatic carbocycles. The summed E-state index contributed by atoms with van der Waals surface area (Å²) < 4.78 is 4.76. The van der Waals surface area contributed by atoms with Crippen molar-refractivity contribution in [2.45, 2.75) is 32.7 Å². The molecule has 0 radical (unpaired) electrons. The summed E-state index contributed by atoms with van der Waals surface area (Å²) in [5.41, 5.74) is 0.748. The Labute approximate surface area is 119 Å². The SMILES string of the molecule is CCC(=CCN(C)C(C)Cc1cccs1)C(=O)OC. The Hall–Kier alpha value is -1.13. The van der Waals surface area contributed by atoms with Crippen LogP contribution >= 0.6 is 11.3 Å². The van der Waals surface area contributed by atoms with Gasteiger partial charge in [-0.25, -0.2) is 4.79 Å². The number of carbonyl (C=O) groups excluding carboxylic acids is 1. The van der Waals surface area contributed by atoms with Gasteiger partial charge in [0.05, 0.1) is 7.11 Å². The van der Waals surface area contributed by atoms with Crippen LogP contribution in [0.25, 0.3) is 0 Å². The van der Waals surface area contributed by atoms with E-state index >= 15 is 0 Å². The number of carbonyl (C=O) groups is 1. The molecule has 4 heteroatoms. The second kappa shape index (κ2) is 8.12. The zero-order valence-electron chi connectivity index (χ0n) is 12.2. The van der Waals surface area contributed by atoms with Crippen LogP contribution in [0.4, 0.5) is 0 Å². The third-order valence-electron chi connectivity index (χ3n) is 3.28. The van der Waals surface area contributed by atoms with E-state index in [9.17, 15) is 4.79 Å². The molecule has 0 fully saturated rings. The lowest BCUT2D eigenvalue weighted by Crippen LogP contribution is -2.31. The van der Waals surface area contributed by atoms with Crippen molar-refractivity contribution in [3.05, 3.63) is 34.0 Å². The van der Waals surface area contributed by atoms with E-state index in [2.05, 4.69) is 36.4 Å². The standard InChI is InChI=1S/C15H23NO2S/c1-5-13(15(17)18-4)8-9-16(3)12(2)11-14-7-6-10-19-14/h6-8,10,12H,5,9,11H2,1-4H3. The lowest BCUT2D eigenvalue weighted by atomic mass is 10.1. The van der Waals surface area contributed by atoms with Crippen LogP contribution in [0.5, 0.6) is 0 Å². The first-order chi connectivity index (χ1) is 9.08. The van der Waals surface area contributed by atoms with Crippen molar-refractivity contribution in [2.75, 3.05) is 20.7 Å². The Morgan fingerprint density at radius 1 is 1.58 bits per heavy atom. The minimum atomic E-state index is -0.221. The minimum absolute atomic E-state index is 0.221. The summed E-state index contributed by atoms with van der Waals surface area (Å²) in [7, 11) is 3.51. The fraction of sp³-hybridized carbons (Fsp3) is 0.533. The van der Waals surface area contributed by atoms with Crippen molar-refractivity contribution in [3.63, 3.8) is 0 Å². The van der Waals surface area contributed by atoms with E-state index in [0.29, 0.717) is 12.5 Å². The van der Waals surface area contributed by atoms with Gasteiger partial charge in [-0.1, -0.05) is 19.1 Å². The van der Waals surface area contributed by atoms with Gasteiger partial charge in [0.25, 0.3) is 0 Å². The number of rotatable bonds is 7. The molecule has 0 aromatic carbocycles. The Morgan fingerprint density at radius 2 is 2.32 bits per heavy atom. The number of hydrogen-bond acceptors (Lipinski definition) is 4. The maximum absolute atomic E-state index is 11.5. The van der Waals surface area contributed by atoms with Crippen LogP contribution in [-0.4, -0.2) is 37.6 Å². The highest BCUT2D eigenvalue weighted by atomic mass is 32.1. The van der Waals surface area contributed by atoms with Gasteiger partial charge in [0.2, 0.25) is 0 Å². The third-order valence-corrected chi connectivity index (χ3v) is 4.18. The van der Waals surface area contributed by atoms with Gasteiger partial charge in [0.15, 0.2) is 0 Å². The predicted octanol–water partition coefficient (Wildman–Crippen LogP) is 3.12. The topological polar surface area (TPSA) is 29.5 Å². The smallest absolute Gasteiger partial charge is 0.333 e. The second-order valence-corrected chi connectivity index (χ2v) is 5.68. The molecule has 3 nitrogen and oxygen atoms in total. The monoisotopic (exact) mass is 281 g/mol. The van der Waals surface area contributed by atoms with Crippen LogP contribution in [0.1, 0.15) is 25.1 Å². The predicted molar refractivity (Wildman–Crippen MR) is 80.5 cm³/mol. The Morgan fingerprint density at radius 3 is 2.84 bits per heavy atom. The third kappa shape index (κ3) is 5.17. The van der Waals surface area contributed by atoms with Crippen LogP contribution in [0.3, 0.4) is 0 Å². The van der Waals surface area contributed by atoms with E-state index in [1.165, 1.54) is 12.0 Å². The fourth-order valence-corrected chi connectivity index (χ4v) is 2.64. The molecular weight excluding hydrogens is 258 g/mol. The first-order valence-electron chi connectivity index (χ1n) is 6.58. The van der Waals surface area contributed by atoms with E-state index in [1.54, 1.807) is 11.3 Å². The molecule has 106 valence electrons. The van der Waals surface area contributed by atoms with Gasteiger partial charge in [-0.2, -0.15) is 0 Å². The molecule has 1 aromatic heterocycles. The Bertz CT molecular complexity index is 412. The van der Waals surface area contributed by atoms with Crippen LogP contribution in [-0.2, 0) is 16.0 Å². The largest absolute Gasteiger partial charge is 0.466 e. The molecule has 19 heavy (non-hydrogen) atoms. The van der Waals surface area contributed by atoms with E-state index in [0.717, 1.165) is 18.5 Å². The van der Waals surface area contributed by atoms with Crippen molar-refractivity contribution < 1.29 is 9.53 Å². The normalized spacial score (nSPS) is 13.6. The molecule has 1 rings (SSSR count). The number of methoxy groups -OCH3 is 1. The number of nitrogens with zero attached hydrogens (tertiary/aromatic N) is 1. The number of likely N-dealkylation sites (N-methyl/N-ethyl adjacent to an activating group) is 1. The van der Waals surface area contributed by atoms with E-state index in [4.69, 9.17) is 4.74 Å². The van der Waals surface area contributed by atoms with Crippen LogP contribution in [0, 0.1) is 0 Å². The average Bonchev–Trinajstić information content (AvgIpc) is 2.91. The minimum Gasteiger partial charge on any atom is -0.466 e. The molecule has 0 saturated carbocycles. The Kier molecular flexibility index (Phi) is 6.81. The molecule has 1 atom stereocenters. The summed E-state index contributed by atoms with van der Waals surface area (Å²) in [5, 5.41) is 2.11. The molecule has 0 spiro atoms. The van der Waals surface area contributed by atoms with Crippen molar-refractivity contribution in [1.82, 2.24) is 4.90 Å². The molecule has 0 saturated heterocycles. The summed E-state index contributed by atoms with van der Waals surface area (Å²) in [6.45, 7) is 4.94. The molecule has 0 aliphatic rings. The summed E-state index contributed by atoms with van der Waals surface area (Å²) in [6, 6.07) is 4.70. The number of hydrogen-bond donors (Lipinski definition) is 0. The Balaban J connectivity index is 2.51. The van der Waals surface area contributed by atoms with Crippen LogP contribution in [0.2, 0.25) is 0 Å². The van der Waals surface area contributed by atoms with E-state index in [-0.39, 0.29) is 5.97 Å². The van der Waals surface area contributed by atoms with Gasteiger partial charge in [-0.3, -0.25) is 4.90 Å². The second-order valence-electron chi connectivity index (χ2n) is 4.65. The van der Waals surface area contributed by atoms with Gasteiger partial charge in [-0.15, -0.1) is 11.3 Å². The van der Waals surface area contributed by atoms with Gasteiger partial charge in [0, 0.05) is 23.0 Å². The lowest BCUT2D eigenvalue weighted by Gasteiger charge is -2.23. The molecule has 1 unspecified atom stereocenters. The number of ether oxygens (including phenoxy) is 1. The van der Waals surface area contributed by atoms with Crippen LogP contribution in [0.15, 0.2) is 29.2 Å². The molecule has 0 bridgehead atoms. The van der Waals surface area contributed by atoms with Crippen molar-refractivity contribution in [3.8, 4) is 0 Å². The molecule has 1 heterocycles. The highest BCUT2D eigenvalue weighted by molar-refractivity contribution is 7.09. The van der Waals surface area contributed by atoms with Gasteiger partial charge < -0.3 is 4.74 Å². The zero-order chi connectivity index (χ0) is 14.3. The fourth-order valence-electron chi connectivity index (χ4n) is 1.81. The lowest BCUT2D eigenvalue weighted by molar-refractivity contribution is -0.136. The highest BCUT2D eigenvalue weighted by Gasteiger charge is 2.11. The van der Waals surface area contributed by atoms with E-state index < -0.39 is 0 Å². The summed E-state index contributed by atoms with van der Waals surface area (Å²) >= 11 is 1.79. The molecule has 0 amide bonds. The van der Waals surface area contributed by atoms with Gasteiger partial charge >= 0.3 is 5.97 Å². The maximum atomic E-state index is 11.5. The number of thiophene rings is 1. The number of esters is 1. The van der Waals surface area contributed by atoms with Crippen molar-refractivity contribution in [1.29, 1.82) is 0 Å².